The van der Waals surface area contributed by atoms with Crippen molar-refractivity contribution in [2.75, 3.05) is 13.2 Å². The Morgan fingerprint density at radius 2 is 2.32 bits per heavy atom. The van der Waals surface area contributed by atoms with Crippen LogP contribution in [0.1, 0.15) is 37.8 Å². The second-order valence-electron chi connectivity index (χ2n) is 4.60. The molecule has 2 rings (SSSR count). The molecule has 0 bridgehead atoms. The molecule has 1 aliphatic rings. The van der Waals surface area contributed by atoms with Gasteiger partial charge in [0.15, 0.2) is 0 Å². The summed E-state index contributed by atoms with van der Waals surface area (Å²) in [7, 11) is 0. The van der Waals surface area contributed by atoms with E-state index < -0.39 is 0 Å². The summed E-state index contributed by atoms with van der Waals surface area (Å²) in [6, 6.07) is 8.27. The molecule has 1 aromatic carbocycles. The van der Waals surface area contributed by atoms with Gasteiger partial charge in [-0.25, -0.2) is 5.84 Å². The van der Waals surface area contributed by atoms with Crippen molar-refractivity contribution in [2.45, 2.75) is 32.2 Å². The third-order valence-corrected chi connectivity index (χ3v) is 3.19. The highest BCUT2D eigenvalue weighted by Gasteiger charge is 2.21. The van der Waals surface area contributed by atoms with Crippen molar-refractivity contribution in [3.8, 4) is 5.75 Å². The van der Waals surface area contributed by atoms with Gasteiger partial charge in [0, 0.05) is 18.5 Å². The number of aliphatic imine (C=N–C) groups is 1. The summed E-state index contributed by atoms with van der Waals surface area (Å²) in [5.74, 6) is 7.11. The molecular formula is C14H22N4O. The Balaban J connectivity index is 2.04. The first-order valence-electron chi connectivity index (χ1n) is 6.84. The minimum absolute atomic E-state index is 0.196. The van der Waals surface area contributed by atoms with Crippen LogP contribution in [0.4, 0.5) is 0 Å². The summed E-state index contributed by atoms with van der Waals surface area (Å²) in [4.78, 5) is 4.43. The Bertz CT molecular complexity index is 433. The van der Waals surface area contributed by atoms with Crippen LogP contribution in [0, 0.1) is 0 Å². The fourth-order valence-electron chi connectivity index (χ4n) is 2.14. The van der Waals surface area contributed by atoms with Gasteiger partial charge in [-0.05, 0) is 12.5 Å². The second-order valence-corrected chi connectivity index (χ2v) is 4.60. The van der Waals surface area contributed by atoms with Crippen molar-refractivity contribution in [3.05, 3.63) is 29.8 Å². The number of nitrogens with one attached hydrogen (secondary N) is 2. The van der Waals surface area contributed by atoms with E-state index in [2.05, 4.69) is 28.7 Å². The number of rotatable bonds is 4. The Morgan fingerprint density at radius 3 is 3.11 bits per heavy atom. The summed E-state index contributed by atoms with van der Waals surface area (Å²) in [5, 5.41) is 3.35. The van der Waals surface area contributed by atoms with Crippen molar-refractivity contribution in [3.63, 3.8) is 0 Å². The molecule has 5 nitrogen and oxygen atoms in total. The maximum Gasteiger partial charge on any atom is 0.206 e. The first-order chi connectivity index (χ1) is 9.35. The predicted molar refractivity (Wildman–Crippen MR) is 77.0 cm³/mol. The smallest absolute Gasteiger partial charge is 0.206 e. The van der Waals surface area contributed by atoms with Crippen LogP contribution in [0.3, 0.4) is 0 Å². The van der Waals surface area contributed by atoms with Crippen LogP contribution in [-0.4, -0.2) is 19.1 Å². The van der Waals surface area contributed by atoms with Crippen LogP contribution in [0.5, 0.6) is 5.75 Å². The summed E-state index contributed by atoms with van der Waals surface area (Å²) in [6.45, 7) is 3.64. The van der Waals surface area contributed by atoms with Crippen molar-refractivity contribution in [1.82, 2.24) is 10.7 Å². The Labute approximate surface area is 114 Å². The van der Waals surface area contributed by atoms with Gasteiger partial charge in [-0.2, -0.15) is 0 Å². The molecule has 1 unspecified atom stereocenters. The van der Waals surface area contributed by atoms with E-state index in [0.717, 1.165) is 37.1 Å². The zero-order valence-electron chi connectivity index (χ0n) is 11.4. The maximum absolute atomic E-state index is 5.64. The zero-order valence-corrected chi connectivity index (χ0v) is 11.4. The van der Waals surface area contributed by atoms with Gasteiger partial charge in [0.25, 0.3) is 0 Å². The highest BCUT2D eigenvalue weighted by atomic mass is 16.5. The van der Waals surface area contributed by atoms with E-state index in [1.54, 1.807) is 0 Å². The molecule has 0 aliphatic carbocycles. The molecule has 0 fully saturated rings. The van der Waals surface area contributed by atoms with Gasteiger partial charge in [-0.1, -0.05) is 31.5 Å². The summed E-state index contributed by atoms with van der Waals surface area (Å²) in [5.41, 5.74) is 3.80. The van der Waals surface area contributed by atoms with Gasteiger partial charge in [0.05, 0.1) is 12.6 Å². The van der Waals surface area contributed by atoms with Crippen molar-refractivity contribution in [2.24, 2.45) is 10.8 Å². The quantitative estimate of drug-likeness (QED) is 0.254. The van der Waals surface area contributed by atoms with Gasteiger partial charge >= 0.3 is 0 Å². The lowest BCUT2D eigenvalue weighted by molar-refractivity contribution is 0.261. The molecule has 0 spiro atoms. The normalized spacial score (nSPS) is 18.4. The number of guanidine groups is 1. The van der Waals surface area contributed by atoms with Crippen LogP contribution in [0.15, 0.2) is 29.3 Å². The van der Waals surface area contributed by atoms with E-state index in [4.69, 9.17) is 10.6 Å². The Kier molecular flexibility index (Phi) is 5.03. The van der Waals surface area contributed by atoms with E-state index in [-0.39, 0.29) is 6.04 Å². The van der Waals surface area contributed by atoms with Crippen molar-refractivity contribution >= 4 is 5.96 Å². The monoisotopic (exact) mass is 262 g/mol. The number of hydrazine groups is 1. The van der Waals surface area contributed by atoms with Crippen LogP contribution in [0.2, 0.25) is 0 Å². The van der Waals surface area contributed by atoms with Crippen LogP contribution < -0.4 is 21.3 Å². The number of hydrogen-bond acceptors (Lipinski definition) is 3. The third kappa shape index (κ3) is 3.61. The minimum atomic E-state index is 0.196. The van der Waals surface area contributed by atoms with E-state index in [1.165, 1.54) is 0 Å². The first-order valence-corrected chi connectivity index (χ1v) is 6.84. The van der Waals surface area contributed by atoms with Gasteiger partial charge < -0.3 is 10.1 Å². The molecular weight excluding hydrogens is 240 g/mol. The number of ether oxygens (including phenoxy) is 1. The van der Waals surface area contributed by atoms with Crippen molar-refractivity contribution < 1.29 is 4.74 Å². The number of para-hydroxylation sites is 1. The molecule has 104 valence electrons. The molecule has 1 aliphatic heterocycles. The fourth-order valence-corrected chi connectivity index (χ4v) is 2.14. The Morgan fingerprint density at radius 1 is 1.47 bits per heavy atom. The van der Waals surface area contributed by atoms with Gasteiger partial charge in [0.1, 0.15) is 5.75 Å². The van der Waals surface area contributed by atoms with E-state index in [0.29, 0.717) is 12.6 Å². The van der Waals surface area contributed by atoms with Gasteiger partial charge in [0.2, 0.25) is 5.96 Å². The molecule has 1 aromatic rings. The molecule has 5 heteroatoms. The second kappa shape index (κ2) is 6.99. The van der Waals surface area contributed by atoms with E-state index >= 15 is 0 Å². The molecule has 0 radical (unpaired) electrons. The predicted octanol–water partition coefficient (Wildman–Crippen LogP) is 1.72. The van der Waals surface area contributed by atoms with Crippen molar-refractivity contribution in [1.29, 1.82) is 0 Å². The average Bonchev–Trinajstić information content (AvgIpc) is 2.46. The number of unbranched alkanes of at least 4 members (excludes halogenated alkanes) is 1. The summed E-state index contributed by atoms with van der Waals surface area (Å²) >= 11 is 0. The molecule has 0 saturated heterocycles. The third-order valence-electron chi connectivity index (χ3n) is 3.19. The molecule has 4 N–H and O–H groups in total. The first kappa shape index (κ1) is 13.7. The fraction of sp³-hybridized carbons (Fsp3) is 0.500. The van der Waals surface area contributed by atoms with Gasteiger partial charge in [-0.15, -0.1) is 0 Å². The minimum Gasteiger partial charge on any atom is -0.493 e. The Hall–Kier alpha value is -1.75. The number of hydrogen-bond donors (Lipinski definition) is 3. The highest BCUT2D eigenvalue weighted by molar-refractivity contribution is 5.79. The molecule has 0 amide bonds. The number of fused-ring (bicyclic) bond motifs is 1. The van der Waals surface area contributed by atoms with Crippen LogP contribution in [-0.2, 0) is 0 Å². The maximum atomic E-state index is 5.64. The van der Waals surface area contributed by atoms with E-state index in [1.807, 2.05) is 18.2 Å². The molecule has 1 heterocycles. The van der Waals surface area contributed by atoms with Crippen LogP contribution >= 0.6 is 0 Å². The summed E-state index contributed by atoms with van der Waals surface area (Å²) < 4.78 is 5.64. The van der Waals surface area contributed by atoms with E-state index in [9.17, 15) is 0 Å². The molecule has 19 heavy (non-hydrogen) atoms. The molecule has 0 aromatic heterocycles. The zero-order chi connectivity index (χ0) is 13.5. The average molecular weight is 262 g/mol. The lowest BCUT2D eigenvalue weighted by Crippen LogP contribution is -2.44. The lowest BCUT2D eigenvalue weighted by atomic mass is 10.0. The topological polar surface area (TPSA) is 71.7 Å². The van der Waals surface area contributed by atoms with Crippen LogP contribution in [0.25, 0.3) is 0 Å². The lowest BCUT2D eigenvalue weighted by Gasteiger charge is -2.27. The van der Waals surface area contributed by atoms with Gasteiger partial charge in [-0.3, -0.25) is 10.4 Å². The SMILES string of the molecule is CCCCN=C(NN)NC1CCOc2ccccc21. The standard InChI is InChI=1S/C14H22N4O/c1-2-3-9-16-14(18-15)17-12-8-10-19-13-7-5-4-6-11(12)13/h4-7,12H,2-3,8-10,15H2,1H3,(H2,16,17,18). The number of benzene rings is 1. The largest absolute Gasteiger partial charge is 0.493 e. The number of nitrogens with zero attached hydrogens (tertiary/aromatic N) is 1. The molecule has 0 saturated carbocycles. The summed E-state index contributed by atoms with van der Waals surface area (Å²) in [6.07, 6.45) is 3.10. The number of nitrogens with two attached hydrogens (primary N) is 1. The highest BCUT2D eigenvalue weighted by Crippen LogP contribution is 2.31. The molecule has 1 atom stereocenters.